The lowest BCUT2D eigenvalue weighted by Crippen LogP contribution is -2.34. The molecule has 0 bridgehead atoms. The normalized spacial score (nSPS) is 14.4. The van der Waals surface area contributed by atoms with E-state index in [4.69, 9.17) is 4.74 Å². The molecule has 0 aromatic heterocycles. The van der Waals surface area contributed by atoms with E-state index in [-0.39, 0.29) is 12.3 Å². The lowest BCUT2D eigenvalue weighted by molar-refractivity contribution is -0.384. The van der Waals surface area contributed by atoms with Crippen LogP contribution < -0.4 is 9.64 Å². The molecule has 2 aromatic rings. The van der Waals surface area contributed by atoms with Crippen LogP contribution in [-0.4, -0.2) is 35.8 Å². The molecular weight excluding hydrogens is 296 g/mol. The summed E-state index contributed by atoms with van der Waals surface area (Å²) in [4.78, 5) is 12.3. The molecule has 0 radical (unpaired) electrons. The first-order chi connectivity index (χ1) is 11.1. The van der Waals surface area contributed by atoms with Gasteiger partial charge in [0, 0.05) is 30.9 Å². The largest absolute Gasteiger partial charge is 0.491 e. The number of hydrogen-bond acceptors (Lipinski definition) is 5. The minimum absolute atomic E-state index is 0.0200. The Kier molecular flexibility index (Phi) is 4.43. The summed E-state index contributed by atoms with van der Waals surface area (Å²) in [5.74, 6) is 0.511. The smallest absolute Gasteiger partial charge is 0.269 e. The number of ether oxygens (including phenoxy) is 1. The summed E-state index contributed by atoms with van der Waals surface area (Å²) >= 11 is 0. The molecule has 1 unspecified atom stereocenters. The Labute approximate surface area is 134 Å². The predicted octanol–water partition coefficient (Wildman–Crippen LogP) is 2.40. The van der Waals surface area contributed by atoms with Crippen molar-refractivity contribution in [1.29, 1.82) is 0 Å². The van der Waals surface area contributed by atoms with Crippen LogP contribution in [-0.2, 0) is 6.42 Å². The molecule has 0 saturated carbocycles. The van der Waals surface area contributed by atoms with Crippen LogP contribution >= 0.6 is 0 Å². The van der Waals surface area contributed by atoms with Crippen LogP contribution in [0.25, 0.3) is 0 Å². The van der Waals surface area contributed by atoms with Gasteiger partial charge in [-0.1, -0.05) is 18.2 Å². The Morgan fingerprint density at radius 1 is 1.22 bits per heavy atom. The second-order valence-electron chi connectivity index (χ2n) is 5.54. The van der Waals surface area contributed by atoms with Gasteiger partial charge < -0.3 is 14.7 Å². The number of β-amino-alcohol motifs (C(OH)–C–C–N with tert-alkyl or cyclic N) is 1. The van der Waals surface area contributed by atoms with E-state index in [1.54, 1.807) is 0 Å². The zero-order valence-corrected chi connectivity index (χ0v) is 12.6. The van der Waals surface area contributed by atoms with E-state index in [0.29, 0.717) is 12.3 Å². The van der Waals surface area contributed by atoms with E-state index in [1.807, 2.05) is 12.1 Å². The third-order valence-electron chi connectivity index (χ3n) is 3.90. The number of hydrogen-bond donors (Lipinski definition) is 1. The Morgan fingerprint density at radius 2 is 1.96 bits per heavy atom. The van der Waals surface area contributed by atoms with Crippen LogP contribution in [0.3, 0.4) is 0 Å². The van der Waals surface area contributed by atoms with E-state index in [1.165, 1.54) is 35.5 Å². The van der Waals surface area contributed by atoms with Gasteiger partial charge in [-0.25, -0.2) is 0 Å². The number of para-hydroxylation sites is 1. The Balaban J connectivity index is 1.52. The third-order valence-corrected chi connectivity index (χ3v) is 3.90. The molecule has 0 amide bonds. The maximum Gasteiger partial charge on any atom is 0.269 e. The summed E-state index contributed by atoms with van der Waals surface area (Å²) in [5.41, 5.74) is 2.49. The van der Waals surface area contributed by atoms with Gasteiger partial charge in [-0.15, -0.1) is 0 Å². The highest BCUT2D eigenvalue weighted by atomic mass is 16.6. The molecule has 1 aliphatic heterocycles. The molecule has 0 aliphatic carbocycles. The van der Waals surface area contributed by atoms with Crippen LogP contribution in [0.4, 0.5) is 11.4 Å². The van der Waals surface area contributed by atoms with Crippen LogP contribution in [0.5, 0.6) is 5.75 Å². The fraction of sp³-hybridized carbons (Fsp3) is 0.294. The highest BCUT2D eigenvalue weighted by molar-refractivity contribution is 5.57. The molecular formula is C17H18N2O4. The van der Waals surface area contributed by atoms with Crippen molar-refractivity contribution >= 4 is 11.4 Å². The van der Waals surface area contributed by atoms with E-state index < -0.39 is 11.0 Å². The molecule has 6 heteroatoms. The highest BCUT2D eigenvalue weighted by Crippen LogP contribution is 2.27. The van der Waals surface area contributed by atoms with Gasteiger partial charge in [-0.2, -0.15) is 0 Å². The molecule has 0 fully saturated rings. The van der Waals surface area contributed by atoms with Gasteiger partial charge >= 0.3 is 0 Å². The number of rotatable bonds is 6. The molecule has 23 heavy (non-hydrogen) atoms. The Morgan fingerprint density at radius 3 is 2.70 bits per heavy atom. The van der Waals surface area contributed by atoms with Gasteiger partial charge in [0.1, 0.15) is 18.5 Å². The van der Waals surface area contributed by atoms with E-state index in [2.05, 4.69) is 17.0 Å². The van der Waals surface area contributed by atoms with Gasteiger partial charge in [0.2, 0.25) is 0 Å². The predicted molar refractivity (Wildman–Crippen MR) is 87.0 cm³/mol. The van der Waals surface area contributed by atoms with Crippen molar-refractivity contribution in [3.05, 3.63) is 64.2 Å². The van der Waals surface area contributed by atoms with Crippen LogP contribution in [0, 0.1) is 10.1 Å². The van der Waals surface area contributed by atoms with E-state index in [0.717, 1.165) is 13.0 Å². The molecule has 1 N–H and O–H groups in total. The minimum atomic E-state index is -0.628. The van der Waals surface area contributed by atoms with Crippen molar-refractivity contribution in [3.63, 3.8) is 0 Å². The molecule has 0 saturated heterocycles. The number of nitrogens with zero attached hydrogens (tertiary/aromatic N) is 2. The fourth-order valence-electron chi connectivity index (χ4n) is 2.76. The average Bonchev–Trinajstić information content (AvgIpc) is 2.96. The van der Waals surface area contributed by atoms with Crippen molar-refractivity contribution in [2.24, 2.45) is 0 Å². The Bertz CT molecular complexity index is 687. The second kappa shape index (κ2) is 6.66. The van der Waals surface area contributed by atoms with Crippen molar-refractivity contribution in [3.8, 4) is 5.75 Å². The Hall–Kier alpha value is -2.60. The summed E-state index contributed by atoms with van der Waals surface area (Å²) in [6.07, 6.45) is 0.364. The van der Waals surface area contributed by atoms with Crippen molar-refractivity contribution in [2.75, 3.05) is 24.6 Å². The van der Waals surface area contributed by atoms with Gasteiger partial charge in [0.05, 0.1) is 4.92 Å². The lowest BCUT2D eigenvalue weighted by atomic mass is 10.2. The number of aliphatic hydroxyl groups excluding tert-OH is 1. The maximum absolute atomic E-state index is 10.6. The monoisotopic (exact) mass is 314 g/mol. The van der Waals surface area contributed by atoms with Crippen LogP contribution in [0.15, 0.2) is 48.5 Å². The first kappa shape index (κ1) is 15.3. The minimum Gasteiger partial charge on any atom is -0.491 e. The van der Waals surface area contributed by atoms with Crippen LogP contribution in [0.1, 0.15) is 5.56 Å². The van der Waals surface area contributed by atoms with Crippen molar-refractivity contribution < 1.29 is 14.8 Å². The first-order valence-corrected chi connectivity index (χ1v) is 7.51. The van der Waals surface area contributed by atoms with Crippen molar-refractivity contribution in [2.45, 2.75) is 12.5 Å². The summed E-state index contributed by atoms with van der Waals surface area (Å²) in [5, 5.41) is 20.8. The molecule has 1 heterocycles. The summed E-state index contributed by atoms with van der Waals surface area (Å²) in [6, 6.07) is 14.0. The summed E-state index contributed by atoms with van der Waals surface area (Å²) < 4.78 is 5.50. The molecule has 0 spiro atoms. The zero-order chi connectivity index (χ0) is 16.2. The maximum atomic E-state index is 10.6. The van der Waals surface area contributed by atoms with Gasteiger partial charge in [-0.3, -0.25) is 10.1 Å². The number of nitro groups is 1. The topological polar surface area (TPSA) is 75.8 Å². The molecule has 2 aromatic carbocycles. The SMILES string of the molecule is O=[N+]([O-])c1ccc(OCC(O)CN2CCc3ccccc32)cc1. The van der Waals surface area contributed by atoms with Crippen molar-refractivity contribution in [1.82, 2.24) is 0 Å². The third kappa shape index (κ3) is 3.60. The highest BCUT2D eigenvalue weighted by Gasteiger charge is 2.21. The molecule has 1 aliphatic rings. The fourth-order valence-corrected chi connectivity index (χ4v) is 2.76. The average molecular weight is 314 g/mol. The van der Waals surface area contributed by atoms with Gasteiger partial charge in [-0.05, 0) is 30.2 Å². The number of non-ortho nitro benzene ring substituents is 1. The molecule has 1 atom stereocenters. The molecule has 6 nitrogen and oxygen atoms in total. The summed E-state index contributed by atoms with van der Waals surface area (Å²) in [7, 11) is 0. The molecule has 120 valence electrons. The second-order valence-corrected chi connectivity index (χ2v) is 5.54. The number of nitro benzene ring substituents is 1. The first-order valence-electron chi connectivity index (χ1n) is 7.51. The number of benzene rings is 2. The van der Waals surface area contributed by atoms with Gasteiger partial charge in [0.15, 0.2) is 0 Å². The zero-order valence-electron chi connectivity index (χ0n) is 12.6. The van der Waals surface area contributed by atoms with E-state index >= 15 is 0 Å². The quantitative estimate of drug-likeness (QED) is 0.654. The number of aliphatic hydroxyl groups is 1. The van der Waals surface area contributed by atoms with E-state index in [9.17, 15) is 15.2 Å². The standard InChI is InChI=1S/C17H18N2O4/c20-15(11-18-10-9-13-3-1-2-4-17(13)18)12-23-16-7-5-14(6-8-16)19(21)22/h1-8,15,20H,9-12H2. The molecule has 3 rings (SSSR count). The van der Waals surface area contributed by atoms with Gasteiger partial charge in [0.25, 0.3) is 5.69 Å². The summed E-state index contributed by atoms with van der Waals surface area (Å²) in [6.45, 7) is 1.55. The lowest BCUT2D eigenvalue weighted by Gasteiger charge is -2.23. The number of anilines is 1. The van der Waals surface area contributed by atoms with Crippen LogP contribution in [0.2, 0.25) is 0 Å². The number of fused-ring (bicyclic) bond motifs is 1.